The fraction of sp³-hybridized carbons (Fsp3) is 0.778. The Balaban J connectivity index is 1.66. The van der Waals surface area contributed by atoms with Crippen molar-refractivity contribution in [1.29, 1.82) is 0 Å². The van der Waals surface area contributed by atoms with Gasteiger partial charge < -0.3 is 20.1 Å². The number of alkyl carbamates (subject to hydrolysis) is 2. The maximum Gasteiger partial charge on any atom is 0.407 e. The van der Waals surface area contributed by atoms with Crippen molar-refractivity contribution in [3.8, 4) is 23.7 Å². The molecular formula is C27H38F4N2O4. The van der Waals surface area contributed by atoms with Gasteiger partial charge in [-0.2, -0.15) is 17.6 Å². The van der Waals surface area contributed by atoms with Crippen LogP contribution >= 0.6 is 0 Å². The van der Waals surface area contributed by atoms with E-state index in [1.54, 1.807) is 0 Å². The van der Waals surface area contributed by atoms with Gasteiger partial charge >= 0.3 is 24.0 Å². The molecule has 2 N–H and O–H groups in total. The van der Waals surface area contributed by atoms with Crippen LogP contribution < -0.4 is 10.6 Å². The molecule has 0 spiro atoms. The van der Waals surface area contributed by atoms with Crippen molar-refractivity contribution in [1.82, 2.24) is 10.6 Å². The van der Waals surface area contributed by atoms with Gasteiger partial charge in [-0.1, -0.05) is 32.6 Å². The van der Waals surface area contributed by atoms with E-state index in [1.807, 2.05) is 32.6 Å². The number of alkyl halides is 4. The highest BCUT2D eigenvalue weighted by molar-refractivity contribution is 5.67. The highest BCUT2D eigenvalue weighted by Crippen LogP contribution is 2.28. The van der Waals surface area contributed by atoms with Crippen LogP contribution in [0.5, 0.6) is 0 Å². The molecule has 6 nitrogen and oxygen atoms in total. The first-order valence-corrected chi connectivity index (χ1v) is 12.9. The van der Waals surface area contributed by atoms with Crippen LogP contribution in [-0.4, -0.2) is 49.3 Å². The number of hydrogen-bond acceptors (Lipinski definition) is 4. The van der Waals surface area contributed by atoms with Gasteiger partial charge in [0.05, 0.1) is 6.42 Å². The molecule has 0 radical (unpaired) electrons. The Morgan fingerprint density at radius 3 is 2.35 bits per heavy atom. The molecule has 0 aromatic heterocycles. The molecule has 2 aliphatic rings. The lowest BCUT2D eigenvalue weighted by Crippen LogP contribution is -2.38. The predicted octanol–water partition coefficient (Wildman–Crippen LogP) is 6.04. The summed E-state index contributed by atoms with van der Waals surface area (Å²) in [4.78, 5) is 24.3. The molecule has 37 heavy (non-hydrogen) atoms. The molecule has 2 aliphatic carbocycles. The molecular weight excluding hydrogens is 492 g/mol. The predicted molar refractivity (Wildman–Crippen MR) is 131 cm³/mol. The zero-order chi connectivity index (χ0) is 27.5. The van der Waals surface area contributed by atoms with Crippen molar-refractivity contribution >= 4 is 12.2 Å². The highest BCUT2D eigenvalue weighted by atomic mass is 19.3. The van der Waals surface area contributed by atoms with E-state index in [4.69, 9.17) is 9.47 Å². The fourth-order valence-electron chi connectivity index (χ4n) is 4.48. The van der Waals surface area contributed by atoms with Gasteiger partial charge in [0.25, 0.3) is 0 Å². The summed E-state index contributed by atoms with van der Waals surface area (Å²) in [7, 11) is 0. The number of amides is 2. The lowest BCUT2D eigenvalue weighted by Gasteiger charge is -2.29. The summed E-state index contributed by atoms with van der Waals surface area (Å²) < 4.78 is 64.9. The lowest BCUT2D eigenvalue weighted by atomic mass is 9.82. The van der Waals surface area contributed by atoms with Crippen molar-refractivity contribution in [2.75, 3.05) is 13.1 Å². The van der Waals surface area contributed by atoms with Crippen molar-refractivity contribution in [2.24, 2.45) is 11.3 Å². The number of rotatable bonds is 9. The summed E-state index contributed by atoms with van der Waals surface area (Å²) in [5.74, 6) is 2.71. The zero-order valence-electron chi connectivity index (χ0n) is 21.9. The molecule has 0 aromatic rings. The molecule has 0 aliphatic heterocycles. The molecule has 2 amide bonds. The van der Waals surface area contributed by atoms with E-state index < -0.39 is 49.1 Å². The Labute approximate surface area is 217 Å². The first-order chi connectivity index (χ1) is 17.3. The second-order valence-electron chi connectivity index (χ2n) is 10.8. The third-order valence-corrected chi connectivity index (χ3v) is 6.29. The van der Waals surface area contributed by atoms with Crippen LogP contribution in [-0.2, 0) is 9.47 Å². The summed E-state index contributed by atoms with van der Waals surface area (Å²) in [5, 5.41) is 5.35. The first kappa shape index (κ1) is 30.6. The number of ether oxygens (including phenoxy) is 2. The van der Waals surface area contributed by atoms with Gasteiger partial charge in [-0.05, 0) is 61.7 Å². The highest BCUT2D eigenvalue weighted by Gasteiger charge is 2.33. The fourth-order valence-corrected chi connectivity index (χ4v) is 4.48. The zero-order valence-corrected chi connectivity index (χ0v) is 21.9. The van der Waals surface area contributed by atoms with Gasteiger partial charge in [-0.3, -0.25) is 0 Å². The Hall–Kier alpha value is -2.62. The number of hydrogen-bond donors (Lipinski definition) is 2. The minimum atomic E-state index is -3.16. The minimum Gasteiger partial charge on any atom is -0.446 e. The van der Waals surface area contributed by atoms with Crippen LogP contribution in [0.15, 0.2) is 0 Å². The number of halogens is 4. The van der Waals surface area contributed by atoms with Gasteiger partial charge in [0.1, 0.15) is 12.2 Å². The normalized spacial score (nSPS) is 23.6. The minimum absolute atomic E-state index is 0.0578. The maximum atomic E-state index is 13.7. The number of nitrogens with one attached hydrogen (secondary N) is 2. The van der Waals surface area contributed by atoms with Crippen molar-refractivity contribution in [2.45, 2.75) is 109 Å². The summed E-state index contributed by atoms with van der Waals surface area (Å²) in [5.41, 5.74) is -0.288. The van der Waals surface area contributed by atoms with Crippen LogP contribution in [0.25, 0.3) is 0 Å². The third kappa shape index (κ3) is 13.0. The van der Waals surface area contributed by atoms with Gasteiger partial charge in [0.2, 0.25) is 0 Å². The quantitative estimate of drug-likeness (QED) is 0.281. The van der Waals surface area contributed by atoms with Crippen LogP contribution in [0.1, 0.15) is 85.0 Å². The van der Waals surface area contributed by atoms with E-state index >= 15 is 0 Å². The van der Waals surface area contributed by atoms with Gasteiger partial charge in [-0.15, -0.1) is 0 Å². The van der Waals surface area contributed by atoms with E-state index in [-0.39, 0.29) is 24.2 Å². The summed E-state index contributed by atoms with van der Waals surface area (Å²) in [6.07, 6.45) is -0.500. The van der Waals surface area contributed by atoms with E-state index in [1.165, 1.54) is 0 Å². The second kappa shape index (κ2) is 13.8. The molecule has 0 bridgehead atoms. The van der Waals surface area contributed by atoms with Crippen LogP contribution in [0.3, 0.4) is 0 Å². The van der Waals surface area contributed by atoms with Gasteiger partial charge in [-0.25, -0.2) is 9.59 Å². The lowest BCUT2D eigenvalue weighted by molar-refractivity contribution is -0.00641. The summed E-state index contributed by atoms with van der Waals surface area (Å²) >= 11 is 0. The van der Waals surface area contributed by atoms with E-state index in [9.17, 15) is 27.2 Å². The first-order valence-electron chi connectivity index (χ1n) is 12.9. The number of carbonyl (C=O) groups excluding carboxylic acids is 2. The molecule has 0 aromatic carbocycles. The topological polar surface area (TPSA) is 76.7 Å². The average molecular weight is 531 g/mol. The van der Waals surface area contributed by atoms with Crippen LogP contribution in [0, 0.1) is 35.0 Å². The molecule has 0 heterocycles. The summed E-state index contributed by atoms with van der Waals surface area (Å²) in [6, 6.07) is 0. The number of carbonyl (C=O) groups is 2. The smallest absolute Gasteiger partial charge is 0.407 e. The molecule has 2 rings (SSSR count). The third-order valence-electron chi connectivity index (χ3n) is 6.29. The Morgan fingerprint density at radius 2 is 1.59 bits per heavy atom. The van der Waals surface area contributed by atoms with Crippen molar-refractivity contribution < 1.29 is 36.6 Å². The molecule has 208 valence electrons. The largest absolute Gasteiger partial charge is 0.446 e. The van der Waals surface area contributed by atoms with Crippen LogP contribution in [0.2, 0.25) is 0 Å². The summed E-state index contributed by atoms with van der Waals surface area (Å²) in [6.45, 7) is 6.62. The molecule has 3 atom stereocenters. The molecule has 10 heteroatoms. The molecule has 3 unspecified atom stereocenters. The maximum absolute atomic E-state index is 13.7. The second-order valence-corrected chi connectivity index (χ2v) is 10.8. The van der Waals surface area contributed by atoms with E-state index in [2.05, 4.69) is 22.5 Å². The SMILES string of the molecule is CC(CCNC(=O)OC1CCCC#CC(F)(F)C1)CC(C)(C)CNC(=O)OC1CCC#CC(F)(F)CC1. The molecule has 0 saturated carbocycles. The van der Waals surface area contributed by atoms with Crippen molar-refractivity contribution in [3.63, 3.8) is 0 Å². The standard InChI is InChI=1S/C27H38F4N2O4/c1-20(12-16-32-23(34)37-22-10-5-4-7-14-27(30,31)18-22)17-25(2,3)19-33-24(35)36-21-9-6-8-13-26(28,29)15-11-21/h20-22H,4-6,9-12,15-19H2,1-3H3,(H,32,34)(H,33,35). The van der Waals surface area contributed by atoms with E-state index in [0.717, 1.165) is 6.42 Å². The Bertz CT molecular complexity index is 902. The van der Waals surface area contributed by atoms with Crippen LogP contribution in [0.4, 0.5) is 27.2 Å². The Morgan fingerprint density at radius 1 is 0.946 bits per heavy atom. The van der Waals surface area contributed by atoms with Gasteiger partial charge in [0, 0.05) is 32.4 Å². The van der Waals surface area contributed by atoms with Crippen molar-refractivity contribution in [3.05, 3.63) is 0 Å². The Kier molecular flexibility index (Phi) is 11.4. The molecule has 0 saturated heterocycles. The molecule has 0 fully saturated rings. The van der Waals surface area contributed by atoms with Gasteiger partial charge in [0.15, 0.2) is 0 Å². The monoisotopic (exact) mass is 530 g/mol. The average Bonchev–Trinajstić information content (AvgIpc) is 2.75. The van der Waals surface area contributed by atoms with E-state index in [0.29, 0.717) is 45.2 Å².